The number of anilines is 2. The predicted octanol–water partition coefficient (Wildman–Crippen LogP) is 4.49. The van der Waals surface area contributed by atoms with Crippen LogP contribution >= 0.6 is 0 Å². The summed E-state index contributed by atoms with van der Waals surface area (Å²) < 4.78 is 49.5. The highest BCUT2D eigenvalue weighted by Crippen LogP contribution is 2.33. The van der Waals surface area contributed by atoms with Gasteiger partial charge in [0.15, 0.2) is 5.60 Å². The van der Waals surface area contributed by atoms with Gasteiger partial charge in [0.1, 0.15) is 12.4 Å². The van der Waals surface area contributed by atoms with Gasteiger partial charge in [0.05, 0.1) is 24.3 Å². The summed E-state index contributed by atoms with van der Waals surface area (Å²) in [7, 11) is 1.36. The smallest absolute Gasteiger partial charge is 0.417 e. The van der Waals surface area contributed by atoms with Gasteiger partial charge in [-0.15, -0.1) is 0 Å². The van der Waals surface area contributed by atoms with E-state index in [1.807, 2.05) is 0 Å². The van der Waals surface area contributed by atoms with Crippen molar-refractivity contribution >= 4 is 23.3 Å². The lowest BCUT2D eigenvalue weighted by Gasteiger charge is -2.23. The van der Waals surface area contributed by atoms with Crippen LogP contribution in [-0.4, -0.2) is 42.8 Å². The van der Waals surface area contributed by atoms with Gasteiger partial charge in [0.2, 0.25) is 0 Å². The molecule has 3 N–H and O–H groups in total. The highest BCUT2D eigenvalue weighted by molar-refractivity contribution is 5.97. The fraction of sp³-hybridized carbons (Fsp3) is 0.400. The zero-order valence-electron chi connectivity index (χ0n) is 19.9. The van der Waals surface area contributed by atoms with Crippen molar-refractivity contribution in [3.63, 3.8) is 0 Å². The lowest BCUT2D eigenvalue weighted by Crippen LogP contribution is -2.45. The average Bonchev–Trinajstić information content (AvgIpc) is 2.84. The summed E-state index contributed by atoms with van der Waals surface area (Å²) in [6, 6.07) is 11.0. The van der Waals surface area contributed by atoms with Gasteiger partial charge in [0, 0.05) is 24.3 Å². The van der Waals surface area contributed by atoms with Crippen molar-refractivity contribution in [1.29, 1.82) is 5.26 Å². The van der Waals surface area contributed by atoms with Gasteiger partial charge >= 0.3 is 12.1 Å². The topological polar surface area (TPSA) is 121 Å². The van der Waals surface area contributed by atoms with Gasteiger partial charge in [-0.25, -0.2) is 0 Å². The molecule has 0 radical (unpaired) electrons. The van der Waals surface area contributed by atoms with E-state index >= 15 is 0 Å². The van der Waals surface area contributed by atoms with Crippen molar-refractivity contribution in [3.05, 3.63) is 53.6 Å². The molecule has 0 spiro atoms. The molecule has 2 aromatic rings. The van der Waals surface area contributed by atoms with E-state index in [0.29, 0.717) is 24.8 Å². The molecule has 0 aliphatic carbocycles. The molecule has 2 rings (SSSR count). The third-order valence-electron chi connectivity index (χ3n) is 5.18. The Kier molecular flexibility index (Phi) is 10.1. The van der Waals surface area contributed by atoms with Crippen LogP contribution in [0.5, 0.6) is 5.75 Å². The largest absolute Gasteiger partial charge is 0.490 e. The van der Waals surface area contributed by atoms with Crippen molar-refractivity contribution < 1.29 is 37.3 Å². The normalized spacial score (nSPS) is 12.7. The monoisotopic (exact) mass is 507 g/mol. The minimum Gasteiger partial charge on any atom is -0.490 e. The quantitative estimate of drug-likeness (QED) is 0.286. The molecule has 36 heavy (non-hydrogen) atoms. The van der Waals surface area contributed by atoms with Crippen LogP contribution in [0.15, 0.2) is 42.5 Å². The highest BCUT2D eigenvalue weighted by atomic mass is 19.4. The van der Waals surface area contributed by atoms with Crippen LogP contribution in [0.1, 0.15) is 43.7 Å². The lowest BCUT2D eigenvalue weighted by molar-refractivity contribution is -0.141. The summed E-state index contributed by atoms with van der Waals surface area (Å²) in [6.07, 6.45) is -1.88. The van der Waals surface area contributed by atoms with E-state index in [4.69, 9.17) is 10.00 Å². The summed E-state index contributed by atoms with van der Waals surface area (Å²) in [5.74, 6) is -0.810. The van der Waals surface area contributed by atoms with Crippen LogP contribution in [0.3, 0.4) is 0 Å². The highest BCUT2D eigenvalue weighted by Gasteiger charge is 2.35. The number of halogens is 3. The number of hydrogen-bond acceptors (Lipinski definition) is 7. The third kappa shape index (κ3) is 8.78. The molecule has 0 saturated heterocycles. The van der Waals surface area contributed by atoms with E-state index in [2.05, 4.69) is 15.4 Å². The minimum absolute atomic E-state index is 0.215. The van der Waals surface area contributed by atoms with Gasteiger partial charge in [-0.2, -0.15) is 18.4 Å². The first-order chi connectivity index (χ1) is 17.0. The number of nitrogens with one attached hydrogen (secondary N) is 2. The van der Waals surface area contributed by atoms with E-state index < -0.39 is 35.4 Å². The van der Waals surface area contributed by atoms with Crippen molar-refractivity contribution in [2.75, 3.05) is 30.9 Å². The maximum Gasteiger partial charge on any atom is 0.417 e. The Bertz CT molecular complexity index is 1080. The molecule has 0 heterocycles. The number of unbranched alkanes of at least 4 members (excludes halogenated alkanes) is 2. The summed E-state index contributed by atoms with van der Waals surface area (Å²) in [6.45, 7) is 1.43. The first kappa shape index (κ1) is 28.5. The Hall–Kier alpha value is -3.78. The molecular weight excluding hydrogens is 479 g/mol. The Morgan fingerprint density at radius 1 is 1.06 bits per heavy atom. The number of carbonyl (C=O) groups excluding carboxylic acids is 2. The van der Waals surface area contributed by atoms with Crippen LogP contribution in [0.4, 0.5) is 24.5 Å². The number of nitrogens with zero attached hydrogens (tertiary/aromatic N) is 1. The standard InChI is InChI=1S/C25H28F3N3O5/c1-24(34,23(33)31-19-8-7-17(15-29)21(14-19)25(26,27)28)16-36-20-11-9-18(10-12-20)30-13-5-3-4-6-22(32)35-2/h7-12,14,30,34H,3-6,13,16H2,1-2H3,(H,31,33)/t24-/m1/s1. The van der Waals surface area contributed by atoms with E-state index in [0.717, 1.165) is 37.1 Å². The Morgan fingerprint density at radius 2 is 1.72 bits per heavy atom. The number of methoxy groups -OCH3 is 1. The van der Waals surface area contributed by atoms with Crippen LogP contribution in [0, 0.1) is 11.3 Å². The SMILES string of the molecule is COC(=O)CCCCCNc1ccc(OC[C@@](C)(O)C(=O)Nc2ccc(C#N)c(C(F)(F)F)c2)cc1. The molecule has 0 aliphatic rings. The van der Waals surface area contributed by atoms with Crippen molar-refractivity contribution in [1.82, 2.24) is 0 Å². The number of nitriles is 1. The van der Waals surface area contributed by atoms with Crippen LogP contribution in [0.25, 0.3) is 0 Å². The summed E-state index contributed by atoms with van der Waals surface area (Å²) in [4.78, 5) is 23.5. The number of esters is 1. The second kappa shape index (κ2) is 12.8. The maximum atomic E-state index is 13.1. The molecule has 8 nitrogen and oxygen atoms in total. The zero-order chi connectivity index (χ0) is 26.8. The fourth-order valence-electron chi connectivity index (χ4n) is 3.08. The van der Waals surface area contributed by atoms with Gasteiger partial charge in [-0.1, -0.05) is 6.42 Å². The van der Waals surface area contributed by atoms with E-state index in [1.54, 1.807) is 24.3 Å². The molecule has 0 aliphatic heterocycles. The van der Waals surface area contributed by atoms with Crippen molar-refractivity contribution in [2.45, 2.75) is 44.4 Å². The van der Waals surface area contributed by atoms with Crippen molar-refractivity contribution in [3.8, 4) is 11.8 Å². The molecule has 0 saturated carbocycles. The Labute approximate surface area is 207 Å². The molecule has 0 unspecified atom stereocenters. The van der Waals surface area contributed by atoms with Crippen molar-refractivity contribution in [2.24, 2.45) is 0 Å². The number of alkyl halides is 3. The maximum absolute atomic E-state index is 13.1. The molecule has 1 atom stereocenters. The molecule has 0 bridgehead atoms. The molecular formula is C25H28F3N3O5. The van der Waals surface area contributed by atoms with Gasteiger partial charge in [-0.05, 0) is 62.2 Å². The fourth-order valence-corrected chi connectivity index (χ4v) is 3.08. The van der Waals surface area contributed by atoms with E-state index in [-0.39, 0.29) is 11.7 Å². The van der Waals surface area contributed by atoms with Crippen LogP contribution in [-0.2, 0) is 20.5 Å². The summed E-state index contributed by atoms with van der Waals surface area (Å²) in [5.41, 5.74) is -3.19. The molecule has 0 fully saturated rings. The van der Waals surface area contributed by atoms with E-state index in [1.165, 1.54) is 20.1 Å². The predicted molar refractivity (Wildman–Crippen MR) is 126 cm³/mol. The second-order valence-corrected chi connectivity index (χ2v) is 8.22. The number of rotatable bonds is 12. The zero-order valence-corrected chi connectivity index (χ0v) is 19.9. The number of hydrogen-bond donors (Lipinski definition) is 3. The minimum atomic E-state index is -4.77. The second-order valence-electron chi connectivity index (χ2n) is 8.22. The molecule has 0 aromatic heterocycles. The lowest BCUT2D eigenvalue weighted by atomic mass is 10.1. The molecule has 1 amide bonds. The van der Waals surface area contributed by atoms with Gasteiger partial charge in [-0.3, -0.25) is 9.59 Å². The number of benzene rings is 2. The number of aliphatic hydroxyl groups is 1. The third-order valence-corrected chi connectivity index (χ3v) is 5.18. The molecule has 11 heteroatoms. The van der Waals surface area contributed by atoms with Gasteiger partial charge in [0.25, 0.3) is 5.91 Å². The first-order valence-electron chi connectivity index (χ1n) is 11.1. The molecule has 2 aromatic carbocycles. The summed E-state index contributed by atoms with van der Waals surface area (Å²) in [5, 5.41) is 24.8. The number of ether oxygens (including phenoxy) is 2. The molecule has 194 valence electrons. The van der Waals surface area contributed by atoms with Crippen LogP contribution in [0.2, 0.25) is 0 Å². The van der Waals surface area contributed by atoms with Crippen LogP contribution < -0.4 is 15.4 Å². The van der Waals surface area contributed by atoms with E-state index in [9.17, 15) is 27.9 Å². The number of carbonyl (C=O) groups is 2. The first-order valence-corrected chi connectivity index (χ1v) is 11.1. The Balaban J connectivity index is 1.84. The van der Waals surface area contributed by atoms with Gasteiger partial charge < -0.3 is 25.2 Å². The Morgan fingerprint density at radius 3 is 2.33 bits per heavy atom. The average molecular weight is 508 g/mol. The summed E-state index contributed by atoms with van der Waals surface area (Å²) >= 11 is 0. The number of amides is 1.